The topological polar surface area (TPSA) is 37.8 Å². The molecule has 19 heavy (non-hydrogen) atoms. The number of nitrogens with zero attached hydrogens (tertiary/aromatic N) is 2. The summed E-state index contributed by atoms with van der Waals surface area (Å²) >= 11 is 8.11. The van der Waals surface area contributed by atoms with Crippen molar-refractivity contribution in [3.05, 3.63) is 17.3 Å². The van der Waals surface area contributed by atoms with Crippen LogP contribution in [-0.4, -0.2) is 21.9 Å². The molecule has 5 heteroatoms. The Bertz CT molecular complexity index is 569. The van der Waals surface area contributed by atoms with Crippen LogP contribution in [0.4, 0.5) is 5.82 Å². The highest BCUT2D eigenvalue weighted by atomic mass is 35.5. The maximum atomic E-state index is 6.40. The van der Waals surface area contributed by atoms with Gasteiger partial charge in [-0.15, -0.1) is 22.9 Å². The molecule has 2 heterocycles. The van der Waals surface area contributed by atoms with Gasteiger partial charge in [-0.3, -0.25) is 0 Å². The summed E-state index contributed by atoms with van der Waals surface area (Å²) in [5.41, 5.74) is 2.28. The lowest BCUT2D eigenvalue weighted by Crippen LogP contribution is -2.27. The van der Waals surface area contributed by atoms with Crippen LogP contribution in [-0.2, 0) is 0 Å². The predicted octanol–water partition coefficient (Wildman–Crippen LogP) is 4.21. The fraction of sp³-hybridized carbons (Fsp3) is 0.571. The third kappa shape index (κ3) is 2.70. The molecule has 2 atom stereocenters. The molecule has 102 valence electrons. The largest absolute Gasteiger partial charge is 0.368 e. The Morgan fingerprint density at radius 1 is 1.37 bits per heavy atom. The van der Waals surface area contributed by atoms with Crippen molar-refractivity contribution in [3.63, 3.8) is 0 Å². The second-order valence-corrected chi connectivity index (χ2v) is 6.70. The zero-order chi connectivity index (χ0) is 13.2. The van der Waals surface area contributed by atoms with Crippen molar-refractivity contribution in [1.29, 1.82) is 0 Å². The third-order valence-corrected chi connectivity index (χ3v) is 5.55. The second kappa shape index (κ2) is 5.63. The molecule has 1 fully saturated rings. The van der Waals surface area contributed by atoms with E-state index in [0.717, 1.165) is 29.0 Å². The van der Waals surface area contributed by atoms with Gasteiger partial charge in [-0.25, -0.2) is 9.97 Å². The van der Waals surface area contributed by atoms with Gasteiger partial charge >= 0.3 is 0 Å². The van der Waals surface area contributed by atoms with Crippen molar-refractivity contribution in [3.8, 4) is 0 Å². The van der Waals surface area contributed by atoms with E-state index in [1.54, 1.807) is 17.7 Å². The summed E-state index contributed by atoms with van der Waals surface area (Å²) in [6, 6.07) is 0. The van der Waals surface area contributed by atoms with Gasteiger partial charge in [0.05, 0.1) is 10.2 Å². The molecule has 1 aliphatic carbocycles. The first-order valence-electron chi connectivity index (χ1n) is 6.82. The van der Waals surface area contributed by atoms with E-state index in [4.69, 9.17) is 11.6 Å². The van der Waals surface area contributed by atoms with Gasteiger partial charge in [-0.1, -0.05) is 12.8 Å². The molecule has 2 unspecified atom stereocenters. The zero-order valence-corrected chi connectivity index (χ0v) is 12.6. The molecular formula is C14H18ClN3S. The van der Waals surface area contributed by atoms with Gasteiger partial charge in [-0.05, 0) is 36.6 Å². The zero-order valence-electron chi connectivity index (χ0n) is 11.0. The van der Waals surface area contributed by atoms with E-state index in [1.807, 2.05) is 0 Å². The molecule has 3 rings (SSSR count). The predicted molar refractivity (Wildman–Crippen MR) is 82.2 cm³/mol. The number of aromatic nitrogens is 2. The minimum Gasteiger partial charge on any atom is -0.368 e. The van der Waals surface area contributed by atoms with Crippen molar-refractivity contribution in [2.75, 3.05) is 11.9 Å². The Balaban J connectivity index is 1.74. The van der Waals surface area contributed by atoms with Gasteiger partial charge in [0, 0.05) is 11.9 Å². The maximum Gasteiger partial charge on any atom is 0.147 e. The number of rotatable bonds is 3. The fourth-order valence-electron chi connectivity index (χ4n) is 2.72. The Kier molecular flexibility index (Phi) is 3.89. The summed E-state index contributed by atoms with van der Waals surface area (Å²) in [6.45, 7) is 3.00. The van der Waals surface area contributed by atoms with Gasteiger partial charge in [0.15, 0.2) is 0 Å². The van der Waals surface area contributed by atoms with E-state index >= 15 is 0 Å². The monoisotopic (exact) mass is 295 g/mol. The Labute approximate surface area is 122 Å². The molecule has 1 N–H and O–H groups in total. The summed E-state index contributed by atoms with van der Waals surface area (Å²) in [6.07, 6.45) is 6.58. The Morgan fingerprint density at radius 2 is 2.21 bits per heavy atom. The van der Waals surface area contributed by atoms with Crippen molar-refractivity contribution in [2.24, 2.45) is 5.92 Å². The SMILES string of the molecule is Cc1csc2c(NCC3CCCCC3Cl)ncnc12. The van der Waals surface area contributed by atoms with Crippen molar-refractivity contribution >= 4 is 39.0 Å². The van der Waals surface area contributed by atoms with Crippen molar-refractivity contribution < 1.29 is 0 Å². The highest BCUT2D eigenvalue weighted by Crippen LogP contribution is 2.31. The fourth-order valence-corrected chi connectivity index (χ4v) is 4.05. The summed E-state index contributed by atoms with van der Waals surface area (Å²) in [5, 5.41) is 5.92. The summed E-state index contributed by atoms with van der Waals surface area (Å²) in [4.78, 5) is 8.72. The summed E-state index contributed by atoms with van der Waals surface area (Å²) in [5.74, 6) is 1.51. The first-order chi connectivity index (χ1) is 9.25. The molecule has 1 aliphatic rings. The third-order valence-electron chi connectivity index (χ3n) is 3.88. The van der Waals surface area contributed by atoms with E-state index in [-0.39, 0.29) is 0 Å². The lowest BCUT2D eigenvalue weighted by Gasteiger charge is -2.27. The average molecular weight is 296 g/mol. The second-order valence-electron chi connectivity index (χ2n) is 5.26. The van der Waals surface area contributed by atoms with Crippen LogP contribution in [0.25, 0.3) is 10.2 Å². The number of aryl methyl sites for hydroxylation is 1. The summed E-state index contributed by atoms with van der Waals surface area (Å²) < 4.78 is 1.15. The lowest BCUT2D eigenvalue weighted by atomic mass is 9.89. The number of anilines is 1. The Hall–Kier alpha value is -0.870. The van der Waals surface area contributed by atoms with E-state index < -0.39 is 0 Å². The molecule has 0 spiro atoms. The molecule has 0 saturated heterocycles. The van der Waals surface area contributed by atoms with Crippen LogP contribution in [0.2, 0.25) is 0 Å². The maximum absolute atomic E-state index is 6.40. The van der Waals surface area contributed by atoms with Gasteiger partial charge in [0.25, 0.3) is 0 Å². The molecule has 0 radical (unpaired) electrons. The number of fused-ring (bicyclic) bond motifs is 1. The molecule has 3 nitrogen and oxygen atoms in total. The number of halogens is 1. The van der Waals surface area contributed by atoms with Crippen LogP contribution >= 0.6 is 22.9 Å². The molecule has 0 amide bonds. The minimum absolute atomic E-state index is 0.309. The van der Waals surface area contributed by atoms with Crippen LogP contribution < -0.4 is 5.32 Å². The van der Waals surface area contributed by atoms with E-state index in [9.17, 15) is 0 Å². The number of hydrogen-bond donors (Lipinski definition) is 1. The molecule has 2 aromatic rings. The van der Waals surface area contributed by atoms with E-state index in [1.165, 1.54) is 24.8 Å². The highest BCUT2D eigenvalue weighted by Gasteiger charge is 2.23. The number of hydrogen-bond acceptors (Lipinski definition) is 4. The van der Waals surface area contributed by atoms with Gasteiger partial charge < -0.3 is 5.32 Å². The molecule has 0 aromatic carbocycles. The van der Waals surface area contributed by atoms with Crippen molar-refractivity contribution in [2.45, 2.75) is 38.0 Å². The first kappa shape index (κ1) is 13.1. The molecule has 1 saturated carbocycles. The van der Waals surface area contributed by atoms with Crippen LogP contribution in [0.5, 0.6) is 0 Å². The van der Waals surface area contributed by atoms with Crippen molar-refractivity contribution in [1.82, 2.24) is 9.97 Å². The number of nitrogens with one attached hydrogen (secondary N) is 1. The highest BCUT2D eigenvalue weighted by molar-refractivity contribution is 7.18. The molecule has 0 bridgehead atoms. The smallest absolute Gasteiger partial charge is 0.147 e. The van der Waals surface area contributed by atoms with Crippen LogP contribution in [0.1, 0.15) is 31.2 Å². The van der Waals surface area contributed by atoms with E-state index in [0.29, 0.717) is 11.3 Å². The molecular weight excluding hydrogens is 278 g/mol. The Morgan fingerprint density at radius 3 is 3.05 bits per heavy atom. The van der Waals surface area contributed by atoms with E-state index in [2.05, 4.69) is 27.6 Å². The van der Waals surface area contributed by atoms with Crippen LogP contribution in [0.15, 0.2) is 11.7 Å². The van der Waals surface area contributed by atoms with Gasteiger partial charge in [0.2, 0.25) is 0 Å². The van der Waals surface area contributed by atoms with Crippen LogP contribution in [0.3, 0.4) is 0 Å². The quantitative estimate of drug-likeness (QED) is 0.862. The van der Waals surface area contributed by atoms with Gasteiger partial charge in [0.1, 0.15) is 12.1 Å². The first-order valence-corrected chi connectivity index (χ1v) is 8.14. The molecule has 2 aromatic heterocycles. The van der Waals surface area contributed by atoms with Crippen LogP contribution in [0, 0.1) is 12.8 Å². The normalized spacial score (nSPS) is 23.7. The summed E-state index contributed by atoms with van der Waals surface area (Å²) in [7, 11) is 0. The standard InChI is InChI=1S/C14H18ClN3S/c1-9-7-19-13-12(9)17-8-18-14(13)16-6-10-4-2-3-5-11(10)15/h7-8,10-11H,2-6H2,1H3,(H,16,17,18). The average Bonchev–Trinajstić information content (AvgIpc) is 2.81. The molecule has 0 aliphatic heterocycles. The minimum atomic E-state index is 0.309. The lowest BCUT2D eigenvalue weighted by molar-refractivity contribution is 0.380. The number of alkyl halides is 1. The van der Waals surface area contributed by atoms with Gasteiger partial charge in [-0.2, -0.15) is 0 Å². The number of thiophene rings is 1.